The minimum Gasteiger partial charge on any atom is -0.406 e. The third-order valence-electron chi connectivity index (χ3n) is 7.19. The number of halogens is 3. The molecule has 2 aliphatic heterocycles. The number of ether oxygens (including phenoxy) is 1. The Labute approximate surface area is 203 Å². The molecule has 12 heteroatoms. The summed E-state index contributed by atoms with van der Waals surface area (Å²) in [6.07, 6.45) is 2.65. The summed E-state index contributed by atoms with van der Waals surface area (Å²) in [4.78, 5) is 6.56. The van der Waals surface area contributed by atoms with Crippen LogP contribution in [0.25, 0.3) is 0 Å². The van der Waals surface area contributed by atoms with E-state index in [9.17, 15) is 21.6 Å². The number of anilines is 1. The molecule has 2 aromatic rings. The van der Waals surface area contributed by atoms with E-state index in [-0.39, 0.29) is 29.3 Å². The van der Waals surface area contributed by atoms with Gasteiger partial charge in [0.1, 0.15) is 5.75 Å². The van der Waals surface area contributed by atoms with Gasteiger partial charge in [-0.1, -0.05) is 6.07 Å². The Morgan fingerprint density at radius 2 is 1.94 bits per heavy atom. The summed E-state index contributed by atoms with van der Waals surface area (Å²) < 4.78 is 71.9. The molecule has 3 unspecified atom stereocenters. The van der Waals surface area contributed by atoms with Gasteiger partial charge in [-0.2, -0.15) is 4.31 Å². The molecule has 35 heavy (non-hydrogen) atoms. The molecule has 1 aromatic carbocycles. The van der Waals surface area contributed by atoms with Gasteiger partial charge in [-0.05, 0) is 56.2 Å². The average molecular weight is 514 g/mol. The van der Waals surface area contributed by atoms with Gasteiger partial charge < -0.3 is 19.5 Å². The summed E-state index contributed by atoms with van der Waals surface area (Å²) in [5, 5.41) is 3.34. The number of nitrogens with one attached hydrogen (secondary N) is 1. The average Bonchev–Trinajstić information content (AvgIpc) is 3.41. The smallest absolute Gasteiger partial charge is 0.406 e. The summed E-state index contributed by atoms with van der Waals surface area (Å²) in [6, 6.07) is 6.10. The number of nitrogens with zero attached hydrogens (tertiary/aromatic N) is 4. The van der Waals surface area contributed by atoms with Gasteiger partial charge in [0.15, 0.2) is 5.03 Å². The van der Waals surface area contributed by atoms with Gasteiger partial charge in [0, 0.05) is 56.7 Å². The van der Waals surface area contributed by atoms with Crippen molar-refractivity contribution in [1.82, 2.24) is 18.8 Å². The molecule has 5 rings (SSSR count). The largest absolute Gasteiger partial charge is 0.573 e. The van der Waals surface area contributed by atoms with Crippen molar-refractivity contribution in [2.45, 2.75) is 49.2 Å². The monoisotopic (exact) mass is 513 g/mol. The lowest BCUT2D eigenvalue weighted by Crippen LogP contribution is -2.43. The van der Waals surface area contributed by atoms with E-state index in [1.165, 1.54) is 47.9 Å². The third-order valence-corrected chi connectivity index (χ3v) is 8.91. The van der Waals surface area contributed by atoms with Gasteiger partial charge in [0.2, 0.25) is 0 Å². The predicted octanol–water partition coefficient (Wildman–Crippen LogP) is 3.29. The molecule has 8 nitrogen and oxygen atoms in total. The van der Waals surface area contributed by atoms with Crippen LogP contribution >= 0.6 is 0 Å². The van der Waals surface area contributed by atoms with Crippen LogP contribution in [0.15, 0.2) is 41.8 Å². The Hall–Kier alpha value is -2.31. The summed E-state index contributed by atoms with van der Waals surface area (Å²) in [5.41, 5.74) is 0.466. The van der Waals surface area contributed by atoms with E-state index in [1.54, 1.807) is 17.7 Å². The zero-order valence-electron chi connectivity index (χ0n) is 19.5. The highest BCUT2D eigenvalue weighted by atomic mass is 32.2. The van der Waals surface area contributed by atoms with Crippen LogP contribution in [0, 0.1) is 11.8 Å². The zero-order chi connectivity index (χ0) is 24.8. The maximum Gasteiger partial charge on any atom is 0.573 e. The minimum absolute atomic E-state index is 0.00299. The Kier molecular flexibility index (Phi) is 6.47. The molecule has 192 valence electrons. The van der Waals surface area contributed by atoms with Crippen LogP contribution in [0.2, 0.25) is 0 Å². The SMILES string of the molecule is Cn1cnc(S(=O)(=O)N2CC(Nc3cccc(OC(F)(F)F)c3)C(C3CCCN(C4CC4)C3)C2)c1. The summed E-state index contributed by atoms with van der Waals surface area (Å²) in [5.74, 6) is -0.00444. The van der Waals surface area contributed by atoms with Gasteiger partial charge in [-0.25, -0.2) is 13.4 Å². The molecule has 3 aliphatic rings. The lowest BCUT2D eigenvalue weighted by atomic mass is 9.82. The van der Waals surface area contributed by atoms with E-state index >= 15 is 0 Å². The van der Waals surface area contributed by atoms with E-state index in [0.717, 1.165) is 25.9 Å². The number of rotatable bonds is 7. The molecule has 0 spiro atoms. The fourth-order valence-corrected chi connectivity index (χ4v) is 6.90. The summed E-state index contributed by atoms with van der Waals surface area (Å²) in [6.45, 7) is 2.55. The highest BCUT2D eigenvalue weighted by Crippen LogP contribution is 2.38. The predicted molar refractivity (Wildman–Crippen MR) is 123 cm³/mol. The van der Waals surface area contributed by atoms with Crippen LogP contribution in [-0.2, 0) is 17.1 Å². The first kappa shape index (κ1) is 24.4. The number of sulfonamides is 1. The van der Waals surface area contributed by atoms with E-state index in [4.69, 9.17) is 0 Å². The lowest BCUT2D eigenvalue weighted by Gasteiger charge is -2.38. The second-order valence-corrected chi connectivity index (χ2v) is 11.7. The molecule has 0 bridgehead atoms. The molecule has 3 fully saturated rings. The second-order valence-electron chi connectivity index (χ2n) is 9.82. The molecule has 1 aliphatic carbocycles. The van der Waals surface area contributed by atoms with Crippen molar-refractivity contribution in [1.29, 1.82) is 0 Å². The number of imidazole rings is 1. The Morgan fingerprint density at radius 3 is 2.63 bits per heavy atom. The molecule has 2 saturated heterocycles. The molecule has 3 heterocycles. The van der Waals surface area contributed by atoms with Gasteiger partial charge in [0.05, 0.1) is 6.33 Å². The molecule has 1 aromatic heterocycles. The molecular formula is C23H30F3N5O3S. The number of likely N-dealkylation sites (tertiary alicyclic amines) is 1. The molecule has 0 amide bonds. The molecular weight excluding hydrogens is 483 g/mol. The number of aromatic nitrogens is 2. The lowest BCUT2D eigenvalue weighted by molar-refractivity contribution is -0.274. The third kappa shape index (κ3) is 5.59. The van der Waals surface area contributed by atoms with Crippen LogP contribution in [-0.4, -0.2) is 71.8 Å². The minimum atomic E-state index is -4.78. The van der Waals surface area contributed by atoms with Crippen molar-refractivity contribution in [2.75, 3.05) is 31.5 Å². The quantitative estimate of drug-likeness (QED) is 0.612. The van der Waals surface area contributed by atoms with Gasteiger partial charge >= 0.3 is 6.36 Å². The van der Waals surface area contributed by atoms with Crippen LogP contribution in [0.3, 0.4) is 0 Å². The summed E-state index contributed by atoms with van der Waals surface area (Å²) >= 11 is 0. The number of hydrogen-bond donors (Lipinski definition) is 1. The van der Waals surface area contributed by atoms with Crippen molar-refractivity contribution in [2.24, 2.45) is 18.9 Å². The maximum atomic E-state index is 13.3. The normalized spacial score (nSPS) is 26.7. The van der Waals surface area contributed by atoms with Gasteiger partial charge in [-0.15, -0.1) is 13.2 Å². The number of aryl methyl sites for hydroxylation is 1. The number of benzene rings is 1. The van der Waals surface area contributed by atoms with Crippen molar-refractivity contribution >= 4 is 15.7 Å². The number of piperidine rings is 1. The zero-order valence-corrected chi connectivity index (χ0v) is 20.3. The van der Waals surface area contributed by atoms with Crippen LogP contribution in [0.1, 0.15) is 25.7 Å². The number of alkyl halides is 3. The first-order valence-corrected chi connectivity index (χ1v) is 13.4. The second kappa shape index (κ2) is 9.29. The van der Waals surface area contributed by atoms with E-state index < -0.39 is 16.4 Å². The standard InChI is InChI=1S/C23H30F3N5O3S/c1-29-14-22(27-15-29)35(32,33)31-12-20(16-4-3-9-30(11-16)18-7-8-18)21(13-31)28-17-5-2-6-19(10-17)34-23(24,25)26/h2,5-6,10,14-16,18,20-21,28H,3-4,7-9,11-13H2,1H3. The molecule has 1 saturated carbocycles. The molecule has 0 radical (unpaired) electrons. The van der Waals surface area contributed by atoms with Gasteiger partial charge in [-0.3, -0.25) is 0 Å². The van der Waals surface area contributed by atoms with Gasteiger partial charge in [0.25, 0.3) is 10.0 Å². The fourth-order valence-electron chi connectivity index (χ4n) is 5.43. The van der Waals surface area contributed by atoms with Crippen molar-refractivity contribution in [3.05, 3.63) is 36.8 Å². The first-order chi connectivity index (χ1) is 16.6. The molecule has 1 N–H and O–H groups in total. The summed E-state index contributed by atoms with van der Waals surface area (Å²) in [7, 11) is -2.07. The maximum absolute atomic E-state index is 13.3. The highest BCUT2D eigenvalue weighted by molar-refractivity contribution is 7.89. The molecule has 3 atom stereocenters. The van der Waals surface area contributed by atoms with E-state index in [2.05, 4.69) is 19.9 Å². The Bertz CT molecular complexity index is 1150. The Balaban J connectivity index is 1.38. The highest BCUT2D eigenvalue weighted by Gasteiger charge is 2.45. The van der Waals surface area contributed by atoms with Crippen LogP contribution in [0.4, 0.5) is 18.9 Å². The van der Waals surface area contributed by atoms with Crippen LogP contribution in [0.5, 0.6) is 5.75 Å². The topological polar surface area (TPSA) is 79.7 Å². The number of hydrogen-bond acceptors (Lipinski definition) is 6. The van der Waals surface area contributed by atoms with E-state index in [1.807, 2.05) is 0 Å². The Morgan fingerprint density at radius 1 is 1.14 bits per heavy atom. The van der Waals surface area contributed by atoms with Crippen molar-refractivity contribution < 1.29 is 26.3 Å². The van der Waals surface area contributed by atoms with E-state index in [0.29, 0.717) is 24.2 Å². The fraction of sp³-hybridized carbons (Fsp3) is 0.609. The first-order valence-electron chi connectivity index (χ1n) is 11.9. The van der Waals surface area contributed by atoms with Crippen LogP contribution < -0.4 is 10.1 Å². The van der Waals surface area contributed by atoms with Crippen molar-refractivity contribution in [3.63, 3.8) is 0 Å². The van der Waals surface area contributed by atoms with Crippen molar-refractivity contribution in [3.8, 4) is 5.75 Å².